The number of anilines is 1. The van der Waals surface area contributed by atoms with E-state index in [1.54, 1.807) is 18.3 Å². The van der Waals surface area contributed by atoms with Crippen molar-refractivity contribution in [3.63, 3.8) is 0 Å². The Bertz CT molecular complexity index is 1030. The molecule has 3 aromatic rings. The maximum atomic E-state index is 10.8. The molecule has 1 saturated heterocycles. The van der Waals surface area contributed by atoms with Crippen LogP contribution in [0.2, 0.25) is 5.02 Å². The SMILES string of the molecule is Cc1ccc(C(O)c2ccc(N3CCC(Oc4ncccc4Cl)C3)c(CCO)c2)cc1. The number of aryl methyl sites for hydroxylation is 1. The summed E-state index contributed by atoms with van der Waals surface area (Å²) in [4.78, 5) is 6.48. The topological polar surface area (TPSA) is 65.8 Å². The fraction of sp³-hybridized carbons (Fsp3) is 0.320. The average Bonchev–Trinajstić information content (AvgIpc) is 3.24. The van der Waals surface area contributed by atoms with Gasteiger partial charge in [0.1, 0.15) is 17.2 Å². The van der Waals surface area contributed by atoms with Gasteiger partial charge in [-0.15, -0.1) is 0 Å². The Morgan fingerprint density at radius 2 is 1.94 bits per heavy atom. The molecule has 2 N–H and O–H groups in total. The number of aliphatic hydroxyl groups is 2. The predicted octanol–water partition coefficient (Wildman–Crippen LogP) is 4.32. The van der Waals surface area contributed by atoms with Gasteiger partial charge in [-0.1, -0.05) is 53.6 Å². The zero-order valence-electron chi connectivity index (χ0n) is 17.5. The molecular formula is C25H27ClN2O3. The second-order valence-electron chi connectivity index (χ2n) is 7.94. The number of aliphatic hydroxyl groups excluding tert-OH is 2. The zero-order valence-corrected chi connectivity index (χ0v) is 18.3. The molecule has 6 heteroatoms. The third kappa shape index (κ3) is 5.01. The lowest BCUT2D eigenvalue weighted by atomic mass is 9.97. The number of hydrogen-bond donors (Lipinski definition) is 2. The molecule has 2 heterocycles. The van der Waals surface area contributed by atoms with Crippen LogP contribution in [0, 0.1) is 6.92 Å². The second-order valence-corrected chi connectivity index (χ2v) is 8.35. The summed E-state index contributed by atoms with van der Waals surface area (Å²) in [5, 5.41) is 21.0. The molecule has 0 saturated carbocycles. The van der Waals surface area contributed by atoms with Crippen molar-refractivity contribution in [2.24, 2.45) is 0 Å². The fourth-order valence-electron chi connectivity index (χ4n) is 4.00. The van der Waals surface area contributed by atoms with Gasteiger partial charge in [0.2, 0.25) is 5.88 Å². The van der Waals surface area contributed by atoms with E-state index in [1.807, 2.05) is 49.4 Å². The lowest BCUT2D eigenvalue weighted by Gasteiger charge is -2.24. The highest BCUT2D eigenvalue weighted by Crippen LogP contribution is 2.32. The van der Waals surface area contributed by atoms with Crippen LogP contribution in [-0.4, -0.2) is 41.0 Å². The van der Waals surface area contributed by atoms with Gasteiger partial charge in [0.25, 0.3) is 0 Å². The fourth-order valence-corrected chi connectivity index (χ4v) is 4.17. The number of ether oxygens (including phenoxy) is 1. The van der Waals surface area contributed by atoms with Gasteiger partial charge in [0.15, 0.2) is 0 Å². The minimum Gasteiger partial charge on any atom is -0.471 e. The summed E-state index contributed by atoms with van der Waals surface area (Å²) >= 11 is 6.18. The van der Waals surface area contributed by atoms with Gasteiger partial charge in [-0.2, -0.15) is 0 Å². The number of aromatic nitrogens is 1. The van der Waals surface area contributed by atoms with Crippen LogP contribution in [0.1, 0.15) is 34.8 Å². The normalized spacial score (nSPS) is 17.0. The Morgan fingerprint density at radius 1 is 1.16 bits per heavy atom. The van der Waals surface area contributed by atoms with E-state index >= 15 is 0 Å². The molecule has 1 aliphatic rings. The maximum Gasteiger partial charge on any atom is 0.232 e. The Kier molecular flexibility index (Phi) is 6.76. The lowest BCUT2D eigenvalue weighted by Crippen LogP contribution is -2.26. The first-order chi connectivity index (χ1) is 15.0. The molecule has 0 amide bonds. The van der Waals surface area contributed by atoms with Crippen molar-refractivity contribution in [2.45, 2.75) is 32.0 Å². The molecule has 162 valence electrons. The van der Waals surface area contributed by atoms with Crippen molar-refractivity contribution >= 4 is 17.3 Å². The molecule has 0 aliphatic carbocycles. The Balaban J connectivity index is 1.51. The molecule has 0 radical (unpaired) electrons. The van der Waals surface area contributed by atoms with E-state index in [0.717, 1.165) is 40.9 Å². The largest absolute Gasteiger partial charge is 0.471 e. The lowest BCUT2D eigenvalue weighted by molar-refractivity contribution is 0.216. The molecule has 2 atom stereocenters. The van der Waals surface area contributed by atoms with Crippen LogP contribution in [0.3, 0.4) is 0 Å². The predicted molar refractivity (Wildman–Crippen MR) is 123 cm³/mol. The van der Waals surface area contributed by atoms with Gasteiger partial charge in [0, 0.05) is 31.5 Å². The van der Waals surface area contributed by atoms with Crippen LogP contribution in [-0.2, 0) is 6.42 Å². The molecular weight excluding hydrogens is 412 g/mol. The highest BCUT2D eigenvalue weighted by atomic mass is 35.5. The second kappa shape index (κ2) is 9.69. The Labute approximate surface area is 187 Å². The van der Waals surface area contributed by atoms with Crippen LogP contribution >= 0.6 is 11.6 Å². The van der Waals surface area contributed by atoms with Crippen LogP contribution < -0.4 is 9.64 Å². The van der Waals surface area contributed by atoms with Gasteiger partial charge < -0.3 is 19.8 Å². The third-order valence-electron chi connectivity index (χ3n) is 5.68. The highest BCUT2D eigenvalue weighted by molar-refractivity contribution is 6.31. The minimum atomic E-state index is -0.701. The average molecular weight is 439 g/mol. The first-order valence-corrected chi connectivity index (χ1v) is 10.9. The van der Waals surface area contributed by atoms with Crippen molar-refractivity contribution in [3.8, 4) is 5.88 Å². The molecule has 1 fully saturated rings. The van der Waals surface area contributed by atoms with Crippen LogP contribution in [0.15, 0.2) is 60.8 Å². The Morgan fingerprint density at radius 3 is 2.68 bits per heavy atom. The summed E-state index contributed by atoms with van der Waals surface area (Å²) in [5.41, 5.74) is 4.92. The number of pyridine rings is 1. The van der Waals surface area contributed by atoms with Crippen LogP contribution in [0.25, 0.3) is 0 Å². The van der Waals surface area contributed by atoms with Crippen molar-refractivity contribution in [2.75, 3.05) is 24.6 Å². The Hall–Kier alpha value is -2.60. The number of benzene rings is 2. The molecule has 4 rings (SSSR count). The summed E-state index contributed by atoms with van der Waals surface area (Å²) in [6, 6.07) is 17.4. The quantitative estimate of drug-likeness (QED) is 0.575. The van der Waals surface area contributed by atoms with Gasteiger partial charge in [-0.3, -0.25) is 0 Å². The number of halogens is 1. The highest BCUT2D eigenvalue weighted by Gasteiger charge is 2.27. The van der Waals surface area contributed by atoms with Crippen molar-refractivity contribution in [1.82, 2.24) is 4.98 Å². The smallest absolute Gasteiger partial charge is 0.232 e. The summed E-state index contributed by atoms with van der Waals surface area (Å²) < 4.78 is 6.01. The number of rotatable bonds is 7. The monoisotopic (exact) mass is 438 g/mol. The van der Waals surface area contributed by atoms with E-state index in [0.29, 0.717) is 23.9 Å². The maximum absolute atomic E-state index is 10.8. The van der Waals surface area contributed by atoms with Gasteiger partial charge in [-0.25, -0.2) is 4.98 Å². The minimum absolute atomic E-state index is 0.00722. The first kappa shape index (κ1) is 21.6. The van der Waals surface area contributed by atoms with Crippen molar-refractivity contribution in [3.05, 3.63) is 88.1 Å². The van der Waals surface area contributed by atoms with E-state index in [4.69, 9.17) is 16.3 Å². The van der Waals surface area contributed by atoms with Crippen LogP contribution in [0.5, 0.6) is 5.88 Å². The first-order valence-electron chi connectivity index (χ1n) is 10.6. The summed E-state index contributed by atoms with van der Waals surface area (Å²) in [5.74, 6) is 0.461. The molecule has 5 nitrogen and oxygen atoms in total. The van der Waals surface area contributed by atoms with Crippen molar-refractivity contribution in [1.29, 1.82) is 0 Å². The van der Waals surface area contributed by atoms with Crippen LogP contribution in [0.4, 0.5) is 5.69 Å². The van der Waals surface area contributed by atoms with E-state index in [2.05, 4.69) is 9.88 Å². The third-order valence-corrected chi connectivity index (χ3v) is 5.97. The molecule has 31 heavy (non-hydrogen) atoms. The molecule has 0 bridgehead atoms. The summed E-state index contributed by atoms with van der Waals surface area (Å²) in [7, 11) is 0. The summed E-state index contributed by atoms with van der Waals surface area (Å²) in [6.45, 7) is 3.63. The number of nitrogens with zero attached hydrogens (tertiary/aromatic N) is 2. The molecule has 1 aromatic heterocycles. The molecule has 2 aromatic carbocycles. The van der Waals surface area contributed by atoms with Gasteiger partial charge in [0.05, 0.1) is 6.54 Å². The zero-order chi connectivity index (χ0) is 21.8. The van der Waals surface area contributed by atoms with Crippen molar-refractivity contribution < 1.29 is 14.9 Å². The van der Waals surface area contributed by atoms with Gasteiger partial charge >= 0.3 is 0 Å². The number of hydrogen-bond acceptors (Lipinski definition) is 5. The molecule has 0 spiro atoms. The molecule has 1 aliphatic heterocycles. The van der Waals surface area contributed by atoms with E-state index in [9.17, 15) is 10.2 Å². The van der Waals surface area contributed by atoms with E-state index < -0.39 is 6.10 Å². The van der Waals surface area contributed by atoms with E-state index in [-0.39, 0.29) is 12.7 Å². The van der Waals surface area contributed by atoms with E-state index in [1.165, 1.54) is 0 Å². The van der Waals surface area contributed by atoms with Gasteiger partial charge in [-0.05, 0) is 48.2 Å². The summed E-state index contributed by atoms with van der Waals surface area (Å²) in [6.07, 6.45) is 2.35. The standard InChI is InChI=1S/C25H27ClN2O3/c1-17-4-6-18(7-5-17)24(30)20-8-9-23(19(15-20)11-14-29)28-13-10-21(16-28)31-25-22(26)3-2-12-27-25/h2-9,12,15,21,24,29-30H,10-11,13-14,16H2,1H3. The molecule has 2 unspecified atom stereocenters.